The van der Waals surface area contributed by atoms with E-state index in [0.29, 0.717) is 6.04 Å². The first-order valence-corrected chi connectivity index (χ1v) is 15.8. The summed E-state index contributed by atoms with van der Waals surface area (Å²) >= 11 is 0. The Labute approximate surface area is 239 Å². The molecule has 1 aromatic heterocycles. The van der Waals surface area contributed by atoms with E-state index < -0.39 is 0 Å². The van der Waals surface area contributed by atoms with Crippen molar-refractivity contribution in [3.8, 4) is 5.75 Å². The number of hydrogen-bond donors (Lipinski definition) is 0. The van der Waals surface area contributed by atoms with Crippen molar-refractivity contribution in [3.05, 3.63) is 81.0 Å². The summed E-state index contributed by atoms with van der Waals surface area (Å²) in [7, 11) is 2.35. The van der Waals surface area contributed by atoms with E-state index in [9.17, 15) is 0 Å². The number of aromatic nitrogens is 1. The predicted molar refractivity (Wildman–Crippen MR) is 167 cm³/mol. The number of nitrogens with zero attached hydrogens (tertiary/aromatic N) is 2. The lowest BCUT2D eigenvalue weighted by atomic mass is 9.44. The molecule has 2 aliphatic heterocycles. The fourth-order valence-corrected chi connectivity index (χ4v) is 9.53. The zero-order valence-electron chi connectivity index (χ0n) is 25.7. The van der Waals surface area contributed by atoms with Gasteiger partial charge in [0.1, 0.15) is 5.75 Å². The first-order chi connectivity index (χ1) is 19.4. The summed E-state index contributed by atoms with van der Waals surface area (Å²) in [5.41, 5.74) is 12.8. The topological polar surface area (TPSA) is 25.4 Å². The zero-order valence-corrected chi connectivity index (χ0v) is 25.7. The largest absolute Gasteiger partial charge is 0.483 e. The maximum absolute atomic E-state index is 7.13. The van der Waals surface area contributed by atoms with Crippen LogP contribution in [0.1, 0.15) is 91.8 Å². The Morgan fingerprint density at radius 2 is 1.73 bits per heavy atom. The molecule has 0 N–H and O–H groups in total. The summed E-state index contributed by atoms with van der Waals surface area (Å²) in [5, 5.41) is 4.16. The molecule has 1 spiro atoms. The molecule has 0 unspecified atom stereocenters. The van der Waals surface area contributed by atoms with Gasteiger partial charge in [0.05, 0.1) is 16.6 Å². The van der Waals surface area contributed by atoms with Crippen LogP contribution in [0, 0.1) is 19.3 Å². The minimum Gasteiger partial charge on any atom is -0.483 e. The van der Waals surface area contributed by atoms with Crippen molar-refractivity contribution in [2.24, 2.45) is 5.41 Å². The van der Waals surface area contributed by atoms with E-state index in [0.717, 1.165) is 38.6 Å². The summed E-state index contributed by atoms with van der Waals surface area (Å²) < 4.78 is 7.13. The third kappa shape index (κ3) is 2.88. The molecule has 3 heterocycles. The lowest BCUT2D eigenvalue weighted by Gasteiger charge is -2.64. The van der Waals surface area contributed by atoms with Gasteiger partial charge in [-0.3, -0.25) is 0 Å². The Bertz CT molecular complexity index is 1700. The monoisotopic (exact) mass is 532 g/mol. The second kappa shape index (κ2) is 8.79. The summed E-state index contributed by atoms with van der Waals surface area (Å²) in [6, 6.07) is 14.5. The molecule has 9 rings (SSSR count). The van der Waals surface area contributed by atoms with Crippen LogP contribution in [0.3, 0.4) is 0 Å². The number of pyridine rings is 1. The number of hydrogen-bond acceptors (Lipinski definition) is 3. The van der Waals surface area contributed by atoms with Crippen LogP contribution in [0.4, 0.5) is 0 Å². The van der Waals surface area contributed by atoms with Crippen LogP contribution in [0.25, 0.3) is 21.7 Å². The van der Waals surface area contributed by atoms with Crippen molar-refractivity contribution >= 4 is 21.7 Å². The summed E-state index contributed by atoms with van der Waals surface area (Å²) in [4.78, 5) is 8.26. The minimum absolute atomic E-state index is 0.00346. The normalized spacial score (nSPS) is 28.2. The van der Waals surface area contributed by atoms with Crippen LogP contribution in [0.5, 0.6) is 5.75 Å². The quantitative estimate of drug-likeness (QED) is 0.213. The predicted octanol–water partition coefficient (Wildman–Crippen LogP) is 8.35. The molecule has 1 saturated heterocycles. The molecule has 1 fully saturated rings. The molecular formula is C37H44N2O. The number of benzene rings is 3. The molecule has 208 valence electrons. The van der Waals surface area contributed by atoms with Gasteiger partial charge in [0.25, 0.3) is 0 Å². The molecule has 2 bridgehead atoms. The average Bonchev–Trinajstić information content (AvgIpc) is 3.56. The maximum Gasteiger partial charge on any atom is 0.151 e. The number of likely N-dealkylation sites (tertiary alicyclic amines) is 1. The van der Waals surface area contributed by atoms with Crippen molar-refractivity contribution in [2.75, 3.05) is 13.6 Å². The first-order valence-electron chi connectivity index (χ1n) is 15.8. The molecule has 0 saturated carbocycles. The van der Waals surface area contributed by atoms with E-state index in [-0.39, 0.29) is 16.9 Å². The van der Waals surface area contributed by atoms with Gasteiger partial charge >= 0.3 is 0 Å². The van der Waals surface area contributed by atoms with Gasteiger partial charge in [0.2, 0.25) is 0 Å². The lowest BCUT2D eigenvalue weighted by Crippen LogP contribution is -2.68. The van der Waals surface area contributed by atoms with Gasteiger partial charge in [-0.2, -0.15) is 0 Å². The number of fused-ring (bicyclic) bond motifs is 4. The third-order valence-corrected chi connectivity index (χ3v) is 11.3. The highest BCUT2D eigenvalue weighted by atomic mass is 16.5. The van der Waals surface area contributed by atoms with E-state index in [2.05, 4.69) is 69.1 Å². The highest BCUT2D eigenvalue weighted by Gasteiger charge is 2.70. The van der Waals surface area contributed by atoms with Crippen LogP contribution in [-0.4, -0.2) is 29.5 Å². The molecule has 4 aromatic rings. The van der Waals surface area contributed by atoms with Crippen LogP contribution in [-0.2, 0) is 31.1 Å². The van der Waals surface area contributed by atoms with Gasteiger partial charge in [-0.15, -0.1) is 0 Å². The molecular weight excluding hydrogens is 488 g/mol. The Balaban J connectivity index is 0.000000636. The number of rotatable bonds is 0. The van der Waals surface area contributed by atoms with Crippen LogP contribution in [0.2, 0.25) is 0 Å². The fourth-order valence-electron chi connectivity index (χ4n) is 9.53. The smallest absolute Gasteiger partial charge is 0.151 e. The van der Waals surface area contributed by atoms with E-state index in [1.54, 1.807) is 0 Å². The molecule has 0 radical (unpaired) electrons. The van der Waals surface area contributed by atoms with Crippen molar-refractivity contribution < 1.29 is 4.74 Å². The number of likely N-dealkylation sites (N-methyl/N-ethyl adjacent to an activating group) is 1. The summed E-state index contributed by atoms with van der Waals surface area (Å²) in [5.74, 6) is 1.17. The summed E-state index contributed by atoms with van der Waals surface area (Å²) in [6.07, 6.45) is 5.67. The Kier molecular flexibility index (Phi) is 5.72. The van der Waals surface area contributed by atoms with Gasteiger partial charge in [-0.1, -0.05) is 65.0 Å². The highest BCUT2D eigenvalue weighted by molar-refractivity contribution is 6.10. The molecule has 5 aliphatic rings. The molecule has 0 amide bonds. The van der Waals surface area contributed by atoms with Crippen LogP contribution in [0.15, 0.2) is 36.4 Å². The van der Waals surface area contributed by atoms with Crippen LogP contribution >= 0.6 is 0 Å². The first kappa shape index (κ1) is 26.0. The Hall–Kier alpha value is -2.91. The standard InChI is InChI=1S/C33H32N2O.2C2H6/c1-17-8-9-21-15-25-32(3)16-24-18(2)23-14-20-11-10-19-6-5-7-22(26(19)20)28(23)34-29(24)31-33(32,12-13-35(25)4)27(21)30(17)36-31;2*1-2/h5-9,14,25,31H,10-13,15-16H2,1-4H3;2*1-2H3/t25-,31+,32+,33+;;/m1../s1. The molecule has 3 aliphatic carbocycles. The maximum atomic E-state index is 7.13. The second-order valence-electron chi connectivity index (χ2n) is 12.6. The molecule has 4 atom stereocenters. The fraction of sp³-hybridized carbons (Fsp3) is 0.486. The van der Waals surface area contributed by atoms with E-state index in [4.69, 9.17) is 9.72 Å². The Morgan fingerprint density at radius 1 is 0.950 bits per heavy atom. The van der Waals surface area contributed by atoms with Crippen molar-refractivity contribution in [1.29, 1.82) is 0 Å². The van der Waals surface area contributed by atoms with Crippen molar-refractivity contribution in [2.45, 2.75) is 98.1 Å². The van der Waals surface area contributed by atoms with Gasteiger partial charge in [-0.05, 0) is 104 Å². The lowest BCUT2D eigenvalue weighted by molar-refractivity contribution is -0.0910. The third-order valence-electron chi connectivity index (χ3n) is 11.3. The second-order valence-corrected chi connectivity index (χ2v) is 12.6. The SMILES string of the molecule is CC.CC.Cc1ccc2c3c1O[C@H]1c4nc5c(cc6c7c(cccc75)CC6)c(C)c4C[C@@]4(C)[C@@H](C2)N(C)CC[C@]314. The van der Waals surface area contributed by atoms with Crippen LogP contribution < -0.4 is 4.74 Å². The van der Waals surface area contributed by atoms with Crippen molar-refractivity contribution in [1.82, 2.24) is 9.88 Å². The molecule has 40 heavy (non-hydrogen) atoms. The van der Waals surface area contributed by atoms with Gasteiger partial charge in [-0.25, -0.2) is 4.98 Å². The molecule has 3 aromatic carbocycles. The zero-order chi connectivity index (χ0) is 28.1. The van der Waals surface area contributed by atoms with E-state index in [1.807, 2.05) is 27.7 Å². The van der Waals surface area contributed by atoms with Gasteiger partial charge in [0, 0.05) is 27.8 Å². The molecule has 3 nitrogen and oxygen atoms in total. The van der Waals surface area contributed by atoms with E-state index >= 15 is 0 Å². The Morgan fingerprint density at radius 3 is 2.52 bits per heavy atom. The number of piperidine rings is 1. The van der Waals surface area contributed by atoms with Crippen molar-refractivity contribution in [3.63, 3.8) is 0 Å². The summed E-state index contributed by atoms with van der Waals surface area (Å²) in [6.45, 7) is 16.3. The number of aryl methyl sites for hydroxylation is 4. The van der Waals surface area contributed by atoms with E-state index in [1.165, 1.54) is 72.1 Å². The average molecular weight is 533 g/mol. The number of ether oxygens (including phenoxy) is 1. The molecule has 3 heteroatoms. The minimum atomic E-state index is 0.00346. The van der Waals surface area contributed by atoms with Gasteiger partial charge in [0.15, 0.2) is 6.10 Å². The van der Waals surface area contributed by atoms with Gasteiger partial charge < -0.3 is 9.64 Å². The highest BCUT2D eigenvalue weighted by Crippen LogP contribution is 2.71.